The van der Waals surface area contributed by atoms with Gasteiger partial charge in [0.25, 0.3) is 0 Å². The first-order chi connectivity index (χ1) is 16.4. The van der Waals surface area contributed by atoms with E-state index < -0.39 is 29.5 Å². The molecule has 1 fully saturated rings. The van der Waals surface area contributed by atoms with Gasteiger partial charge in [-0.3, -0.25) is 14.4 Å². The van der Waals surface area contributed by atoms with E-state index in [1.54, 1.807) is 20.8 Å². The number of rotatable bonds is 3. The molecule has 3 N–H and O–H groups in total. The maximum atomic E-state index is 13.1. The molecule has 2 heterocycles. The number of hydrogen-bond acceptors (Lipinski definition) is 8. The normalized spacial score (nSPS) is 30.2. The SMILES string of the molecule is CC(=Cc1csc(CN)n1)C1CCC(C)CCCC(C)C(=O)C(C)C(=O)C(C)(C)C(O)CC(=O)O1. The molecular formula is C27H42N2O5S. The lowest BCUT2D eigenvalue weighted by Gasteiger charge is -2.32. The van der Waals surface area contributed by atoms with Gasteiger partial charge < -0.3 is 15.6 Å². The predicted octanol–water partition coefficient (Wildman–Crippen LogP) is 4.70. The van der Waals surface area contributed by atoms with Gasteiger partial charge in [-0.1, -0.05) is 40.5 Å². The zero-order valence-electron chi connectivity index (χ0n) is 22.0. The van der Waals surface area contributed by atoms with E-state index in [1.807, 2.05) is 25.3 Å². The summed E-state index contributed by atoms with van der Waals surface area (Å²) in [4.78, 5) is 43.3. The van der Waals surface area contributed by atoms with Crippen molar-refractivity contribution in [1.29, 1.82) is 0 Å². The van der Waals surface area contributed by atoms with Gasteiger partial charge in [0.15, 0.2) is 5.78 Å². The van der Waals surface area contributed by atoms with Gasteiger partial charge in [0.05, 0.1) is 29.6 Å². The fourth-order valence-corrected chi connectivity index (χ4v) is 5.22. The summed E-state index contributed by atoms with van der Waals surface area (Å²) < 4.78 is 5.84. The number of carbonyl (C=O) groups excluding carboxylic acids is 3. The Morgan fingerprint density at radius 1 is 1.20 bits per heavy atom. The molecule has 0 aliphatic carbocycles. The van der Waals surface area contributed by atoms with E-state index in [4.69, 9.17) is 10.5 Å². The number of aliphatic hydroxyl groups is 1. The number of hydrogen-bond donors (Lipinski definition) is 2. The number of carbonyl (C=O) groups is 3. The molecule has 0 aromatic carbocycles. The number of aliphatic hydroxyl groups excluding tert-OH is 1. The zero-order valence-corrected chi connectivity index (χ0v) is 22.8. The van der Waals surface area contributed by atoms with Crippen LogP contribution in [0.5, 0.6) is 0 Å². The minimum absolute atomic E-state index is 0.0988. The Morgan fingerprint density at radius 3 is 2.51 bits per heavy atom. The van der Waals surface area contributed by atoms with Crippen LogP contribution in [0.3, 0.4) is 0 Å². The topological polar surface area (TPSA) is 120 Å². The van der Waals surface area contributed by atoms with E-state index in [0.717, 1.165) is 42.0 Å². The number of thiazole rings is 1. The predicted molar refractivity (Wildman–Crippen MR) is 139 cm³/mol. The third-order valence-corrected chi connectivity index (χ3v) is 8.18. The van der Waals surface area contributed by atoms with Crippen molar-refractivity contribution in [3.8, 4) is 0 Å². The summed E-state index contributed by atoms with van der Waals surface area (Å²) >= 11 is 1.49. The Morgan fingerprint density at radius 2 is 1.89 bits per heavy atom. The second kappa shape index (κ2) is 12.9. The molecule has 2 rings (SSSR count). The third-order valence-electron chi connectivity index (χ3n) is 7.29. The number of aromatic nitrogens is 1. The molecule has 5 unspecified atom stereocenters. The molecule has 0 amide bonds. The summed E-state index contributed by atoms with van der Waals surface area (Å²) in [5.74, 6) is -1.66. The molecule has 1 saturated heterocycles. The monoisotopic (exact) mass is 506 g/mol. The number of nitrogens with two attached hydrogens (primary N) is 1. The van der Waals surface area contributed by atoms with Gasteiger partial charge in [-0.2, -0.15) is 0 Å². The van der Waals surface area contributed by atoms with Crippen molar-refractivity contribution in [3.05, 3.63) is 21.7 Å². The quantitative estimate of drug-likeness (QED) is 0.450. The molecule has 0 radical (unpaired) electrons. The maximum absolute atomic E-state index is 13.1. The molecule has 1 aliphatic rings. The van der Waals surface area contributed by atoms with Crippen LogP contribution in [0, 0.1) is 23.2 Å². The van der Waals surface area contributed by atoms with Gasteiger partial charge in [0.1, 0.15) is 16.9 Å². The van der Waals surface area contributed by atoms with Crippen LogP contribution in [0.4, 0.5) is 0 Å². The summed E-state index contributed by atoms with van der Waals surface area (Å²) in [6.45, 7) is 11.1. The molecule has 0 saturated carbocycles. The van der Waals surface area contributed by atoms with Crippen LogP contribution in [0.25, 0.3) is 6.08 Å². The Balaban J connectivity index is 2.28. The molecule has 7 nitrogen and oxygen atoms in total. The summed E-state index contributed by atoms with van der Waals surface area (Å²) in [5, 5.41) is 13.6. The van der Waals surface area contributed by atoms with Crippen LogP contribution in [0.15, 0.2) is 11.0 Å². The van der Waals surface area contributed by atoms with E-state index >= 15 is 0 Å². The van der Waals surface area contributed by atoms with E-state index in [1.165, 1.54) is 11.3 Å². The molecule has 1 aliphatic heterocycles. The maximum Gasteiger partial charge on any atom is 0.309 e. The molecule has 1 aromatic heterocycles. The Hall–Kier alpha value is -1.90. The lowest BCUT2D eigenvalue weighted by molar-refractivity contribution is -0.154. The molecule has 0 bridgehead atoms. The highest BCUT2D eigenvalue weighted by Gasteiger charge is 2.42. The third kappa shape index (κ3) is 8.05. The van der Waals surface area contributed by atoms with Crippen molar-refractivity contribution in [3.63, 3.8) is 0 Å². The van der Waals surface area contributed by atoms with Crippen molar-refractivity contribution in [2.24, 2.45) is 28.9 Å². The Kier molecular flexibility index (Phi) is 10.8. The van der Waals surface area contributed by atoms with E-state index in [2.05, 4.69) is 11.9 Å². The summed E-state index contributed by atoms with van der Waals surface area (Å²) in [5.41, 5.74) is 6.08. The van der Waals surface area contributed by atoms with Crippen molar-refractivity contribution in [2.75, 3.05) is 0 Å². The molecule has 35 heavy (non-hydrogen) atoms. The van der Waals surface area contributed by atoms with E-state index in [0.29, 0.717) is 18.9 Å². The number of ether oxygens (including phenoxy) is 1. The van der Waals surface area contributed by atoms with Gasteiger partial charge in [0.2, 0.25) is 0 Å². The molecular weight excluding hydrogens is 464 g/mol. The summed E-state index contributed by atoms with van der Waals surface area (Å²) in [6, 6.07) is 0. The second-order valence-corrected chi connectivity index (χ2v) is 11.6. The molecule has 5 atom stereocenters. The summed E-state index contributed by atoms with van der Waals surface area (Å²) in [7, 11) is 0. The van der Waals surface area contributed by atoms with Gasteiger partial charge >= 0.3 is 5.97 Å². The van der Waals surface area contributed by atoms with Crippen LogP contribution in [0.2, 0.25) is 0 Å². The zero-order chi connectivity index (χ0) is 26.3. The standard InChI is InChI=1S/C27H42N2O5S/c1-16-8-7-9-17(2)25(32)19(4)26(33)27(5,6)22(30)13-24(31)34-21(11-10-16)18(3)12-20-15-35-23(14-28)29-20/h12,15-17,19,21-22,30H,7-11,13-14,28H2,1-6H3. The van der Waals surface area contributed by atoms with Gasteiger partial charge in [0, 0.05) is 17.8 Å². The number of nitrogens with zero attached hydrogens (tertiary/aromatic N) is 1. The first-order valence-corrected chi connectivity index (χ1v) is 13.5. The fraction of sp³-hybridized carbons (Fsp3) is 0.704. The fourth-order valence-electron chi connectivity index (χ4n) is 4.58. The second-order valence-electron chi connectivity index (χ2n) is 10.7. The van der Waals surface area contributed by atoms with Crippen LogP contribution < -0.4 is 5.73 Å². The first kappa shape index (κ1) is 29.3. The van der Waals surface area contributed by atoms with Crippen LogP contribution in [0.1, 0.15) is 90.8 Å². The van der Waals surface area contributed by atoms with Gasteiger partial charge in [-0.25, -0.2) is 4.98 Å². The van der Waals surface area contributed by atoms with E-state index in [-0.39, 0.29) is 23.9 Å². The highest BCUT2D eigenvalue weighted by molar-refractivity contribution is 7.09. The van der Waals surface area contributed by atoms with Gasteiger partial charge in [-0.05, 0) is 50.7 Å². The number of cyclic esters (lactones) is 1. The van der Waals surface area contributed by atoms with Crippen LogP contribution >= 0.6 is 11.3 Å². The minimum Gasteiger partial charge on any atom is -0.458 e. The largest absolute Gasteiger partial charge is 0.458 e. The molecule has 1 aromatic rings. The van der Waals surface area contributed by atoms with E-state index in [9.17, 15) is 19.5 Å². The lowest BCUT2D eigenvalue weighted by atomic mass is 9.73. The molecule has 196 valence electrons. The number of esters is 1. The van der Waals surface area contributed by atoms with Crippen molar-refractivity contribution in [1.82, 2.24) is 4.98 Å². The van der Waals surface area contributed by atoms with Crippen LogP contribution in [-0.4, -0.2) is 39.8 Å². The van der Waals surface area contributed by atoms with Crippen molar-refractivity contribution in [2.45, 2.75) is 98.8 Å². The molecule has 0 spiro atoms. The Labute approximate surface area is 213 Å². The highest BCUT2D eigenvalue weighted by atomic mass is 32.1. The average Bonchev–Trinajstić information content (AvgIpc) is 3.26. The average molecular weight is 507 g/mol. The lowest BCUT2D eigenvalue weighted by Crippen LogP contribution is -2.44. The van der Waals surface area contributed by atoms with Crippen molar-refractivity contribution >= 4 is 34.9 Å². The Bertz CT molecular complexity index is 922. The smallest absolute Gasteiger partial charge is 0.309 e. The van der Waals surface area contributed by atoms with Crippen molar-refractivity contribution < 1.29 is 24.2 Å². The summed E-state index contributed by atoms with van der Waals surface area (Å²) in [6.07, 6.45) is 3.97. The first-order valence-electron chi connectivity index (χ1n) is 12.6. The minimum atomic E-state index is -1.25. The van der Waals surface area contributed by atoms with Gasteiger partial charge in [-0.15, -0.1) is 11.3 Å². The van der Waals surface area contributed by atoms with Crippen LogP contribution in [-0.2, 0) is 25.7 Å². The number of Topliss-reactive ketones (excluding diaryl/α,β-unsaturated/α-hetero) is 2. The number of ketones is 2. The molecule has 8 heteroatoms. The highest BCUT2D eigenvalue weighted by Crippen LogP contribution is 2.31.